The zero-order valence-corrected chi connectivity index (χ0v) is 18.5. The molecule has 0 spiro atoms. The number of nitrogens with one attached hydrogen (secondary N) is 1. The minimum absolute atomic E-state index is 0. The molecule has 26 heavy (non-hydrogen) atoms. The van der Waals surface area contributed by atoms with E-state index < -0.39 is 15.7 Å². The molecule has 0 fully saturated rings. The van der Waals surface area contributed by atoms with Crippen LogP contribution in [0.4, 0.5) is 0 Å². The summed E-state index contributed by atoms with van der Waals surface area (Å²) >= 11 is 2.71. The van der Waals surface area contributed by atoms with Gasteiger partial charge in [0.25, 0.3) is 0 Å². The summed E-state index contributed by atoms with van der Waals surface area (Å²) in [6.45, 7) is 6.20. The highest BCUT2D eigenvalue weighted by molar-refractivity contribution is 7.91. The monoisotopic (exact) mass is 444 g/mol. The third kappa shape index (κ3) is 5.60. The van der Waals surface area contributed by atoms with Gasteiger partial charge in [-0.25, -0.2) is 13.6 Å². The lowest BCUT2D eigenvalue weighted by Crippen LogP contribution is -2.55. The standard InChI is InChI=1S/C15H24N2O5S3.ClH/c1-9(20-4)15(3,22-10(2)21-5)17-8-12-6-11-7-13(25(16,18)19)24-14(11)23-12;/h6-7,9-10,17H,8H2,1-5H3,(H2,16,18,19);1H. The molecule has 0 radical (unpaired) electrons. The quantitative estimate of drug-likeness (QED) is 0.577. The van der Waals surface area contributed by atoms with E-state index >= 15 is 0 Å². The van der Waals surface area contributed by atoms with Gasteiger partial charge in [-0.15, -0.1) is 35.1 Å². The van der Waals surface area contributed by atoms with Crippen molar-refractivity contribution < 1.29 is 22.6 Å². The van der Waals surface area contributed by atoms with Crippen molar-refractivity contribution in [3.63, 3.8) is 0 Å². The molecule has 2 aromatic rings. The van der Waals surface area contributed by atoms with Crippen molar-refractivity contribution >= 4 is 54.5 Å². The summed E-state index contributed by atoms with van der Waals surface area (Å²) < 4.78 is 40.5. The summed E-state index contributed by atoms with van der Waals surface area (Å²) in [5.74, 6) is 0. The molecule has 3 N–H and O–H groups in total. The van der Waals surface area contributed by atoms with Crippen molar-refractivity contribution in [1.82, 2.24) is 5.32 Å². The molecule has 3 atom stereocenters. The van der Waals surface area contributed by atoms with E-state index in [0.717, 1.165) is 14.3 Å². The summed E-state index contributed by atoms with van der Waals surface area (Å²) in [6, 6.07) is 3.56. The van der Waals surface area contributed by atoms with E-state index in [0.29, 0.717) is 6.54 Å². The number of fused-ring (bicyclic) bond motifs is 1. The number of rotatable bonds is 9. The molecule has 150 valence electrons. The molecule has 0 bridgehead atoms. The van der Waals surface area contributed by atoms with Crippen molar-refractivity contribution in [2.24, 2.45) is 5.14 Å². The van der Waals surface area contributed by atoms with E-state index in [9.17, 15) is 8.42 Å². The van der Waals surface area contributed by atoms with Gasteiger partial charge in [0.05, 0.1) is 10.1 Å². The molecule has 0 saturated heterocycles. The topological polar surface area (TPSA) is 99.9 Å². The molecule has 11 heteroatoms. The van der Waals surface area contributed by atoms with Gasteiger partial charge in [0.2, 0.25) is 10.0 Å². The van der Waals surface area contributed by atoms with Gasteiger partial charge in [-0.2, -0.15) is 0 Å². The second kappa shape index (κ2) is 9.26. The highest BCUT2D eigenvalue weighted by Crippen LogP contribution is 2.35. The molecular weight excluding hydrogens is 420 g/mol. The number of nitrogens with two attached hydrogens (primary N) is 1. The number of halogens is 1. The van der Waals surface area contributed by atoms with E-state index in [-0.39, 0.29) is 29.0 Å². The molecule has 2 aromatic heterocycles. The lowest BCUT2D eigenvalue weighted by molar-refractivity contribution is -0.231. The predicted octanol–water partition coefficient (Wildman–Crippen LogP) is 2.88. The Morgan fingerprint density at radius 3 is 2.38 bits per heavy atom. The van der Waals surface area contributed by atoms with Crippen LogP contribution in [-0.2, 0) is 30.8 Å². The van der Waals surface area contributed by atoms with Crippen LogP contribution >= 0.6 is 35.1 Å². The average molecular weight is 445 g/mol. The molecule has 0 aromatic carbocycles. The Morgan fingerprint density at radius 2 is 1.88 bits per heavy atom. The first-order valence-electron chi connectivity index (χ1n) is 7.62. The fourth-order valence-electron chi connectivity index (χ4n) is 2.26. The number of primary sulfonamides is 1. The second-order valence-corrected chi connectivity index (χ2v) is 10.1. The summed E-state index contributed by atoms with van der Waals surface area (Å²) in [6.07, 6.45) is -0.598. The first-order chi connectivity index (χ1) is 11.6. The maximum atomic E-state index is 11.4. The molecule has 0 aliphatic rings. The van der Waals surface area contributed by atoms with Crippen molar-refractivity contribution in [3.8, 4) is 0 Å². The van der Waals surface area contributed by atoms with Crippen LogP contribution in [0.3, 0.4) is 0 Å². The zero-order valence-electron chi connectivity index (χ0n) is 15.3. The van der Waals surface area contributed by atoms with Crippen LogP contribution in [0.2, 0.25) is 0 Å². The molecule has 2 rings (SSSR count). The smallest absolute Gasteiger partial charge is 0.247 e. The van der Waals surface area contributed by atoms with E-state index in [2.05, 4.69) is 5.32 Å². The van der Waals surface area contributed by atoms with Gasteiger partial charge < -0.3 is 14.2 Å². The SMILES string of the molecule is COC(C)OC(C)(NCc1cc2cc(S(N)(=O)=O)sc2s1)C(C)OC.Cl. The Kier molecular flexibility index (Phi) is 8.46. The molecular formula is C15H25ClN2O5S3. The van der Waals surface area contributed by atoms with Crippen LogP contribution in [0.25, 0.3) is 9.40 Å². The molecule has 3 unspecified atom stereocenters. The predicted molar refractivity (Wildman–Crippen MR) is 108 cm³/mol. The summed E-state index contributed by atoms with van der Waals surface area (Å²) in [5, 5.41) is 9.42. The van der Waals surface area contributed by atoms with Crippen molar-refractivity contribution in [2.75, 3.05) is 14.2 Å². The van der Waals surface area contributed by atoms with Gasteiger partial charge >= 0.3 is 0 Å². The molecule has 2 heterocycles. The maximum absolute atomic E-state index is 11.4. The fourth-order valence-corrected chi connectivity index (χ4v) is 5.59. The van der Waals surface area contributed by atoms with Crippen LogP contribution < -0.4 is 10.5 Å². The van der Waals surface area contributed by atoms with Crippen LogP contribution in [0.15, 0.2) is 16.3 Å². The maximum Gasteiger partial charge on any atom is 0.247 e. The first kappa shape index (κ1) is 23.7. The van der Waals surface area contributed by atoms with Crippen LogP contribution in [0, 0.1) is 0 Å². The molecule has 0 aliphatic heterocycles. The molecule has 0 aliphatic carbocycles. The fraction of sp³-hybridized carbons (Fsp3) is 0.600. The second-order valence-electron chi connectivity index (χ2n) is 5.83. The summed E-state index contributed by atoms with van der Waals surface area (Å²) in [4.78, 5) is 1.06. The Labute approximate surface area is 168 Å². The van der Waals surface area contributed by atoms with Gasteiger partial charge in [-0.05, 0) is 32.9 Å². The third-order valence-corrected chi connectivity index (χ3v) is 7.82. The van der Waals surface area contributed by atoms with Crippen molar-refractivity contribution in [1.29, 1.82) is 0 Å². The Hall–Kier alpha value is -0.300. The number of methoxy groups -OCH3 is 2. The number of thiophene rings is 2. The van der Waals surface area contributed by atoms with Gasteiger partial charge in [0.15, 0.2) is 6.29 Å². The zero-order chi connectivity index (χ0) is 18.8. The van der Waals surface area contributed by atoms with Crippen molar-refractivity contribution in [3.05, 3.63) is 17.0 Å². The first-order valence-corrected chi connectivity index (χ1v) is 10.8. The average Bonchev–Trinajstić information content (AvgIpc) is 3.10. The highest BCUT2D eigenvalue weighted by atomic mass is 35.5. The van der Waals surface area contributed by atoms with Gasteiger partial charge in [0.1, 0.15) is 9.93 Å². The number of ether oxygens (including phenoxy) is 3. The van der Waals surface area contributed by atoms with Crippen molar-refractivity contribution in [2.45, 2.75) is 49.6 Å². The normalized spacial score (nSPS) is 16.8. The number of sulfonamides is 1. The molecule has 0 amide bonds. The molecule has 0 saturated carbocycles. The number of hydrogen-bond donors (Lipinski definition) is 2. The number of hydrogen-bond acceptors (Lipinski definition) is 8. The lowest BCUT2D eigenvalue weighted by atomic mass is 10.1. The van der Waals surface area contributed by atoms with Crippen LogP contribution in [-0.4, -0.2) is 40.8 Å². The van der Waals surface area contributed by atoms with Gasteiger partial charge in [-0.1, -0.05) is 0 Å². The summed E-state index contributed by atoms with van der Waals surface area (Å²) in [7, 11) is -0.446. The van der Waals surface area contributed by atoms with E-state index in [4.69, 9.17) is 19.3 Å². The molecule has 7 nitrogen and oxygen atoms in total. The highest BCUT2D eigenvalue weighted by Gasteiger charge is 2.34. The van der Waals surface area contributed by atoms with E-state index in [1.165, 1.54) is 22.7 Å². The van der Waals surface area contributed by atoms with Crippen LogP contribution in [0.5, 0.6) is 0 Å². The summed E-state index contributed by atoms with van der Waals surface area (Å²) in [5.41, 5.74) is -0.743. The van der Waals surface area contributed by atoms with Crippen LogP contribution in [0.1, 0.15) is 25.6 Å². The Morgan fingerprint density at radius 1 is 1.23 bits per heavy atom. The van der Waals surface area contributed by atoms with Gasteiger partial charge in [0, 0.05) is 31.0 Å². The van der Waals surface area contributed by atoms with E-state index in [1.807, 2.05) is 26.8 Å². The minimum atomic E-state index is -3.65. The minimum Gasteiger partial charge on any atom is -0.377 e. The van der Waals surface area contributed by atoms with Gasteiger partial charge in [-0.3, -0.25) is 5.32 Å². The lowest BCUT2D eigenvalue weighted by Gasteiger charge is -2.37. The Balaban J connectivity index is 0.00000338. The van der Waals surface area contributed by atoms with E-state index in [1.54, 1.807) is 20.3 Å². The third-order valence-electron chi connectivity index (χ3n) is 4.01. The largest absolute Gasteiger partial charge is 0.377 e. The Bertz CT molecular complexity index is 791.